The van der Waals surface area contributed by atoms with E-state index in [1.165, 1.54) is 6.42 Å². The SMILES string of the molecule is Cc1ccnc(NC(=O)c2ccc(-c3nc([C@@H]4CCCCN4)n4ccnc(N)c34)cc2)n1. The summed E-state index contributed by atoms with van der Waals surface area (Å²) in [7, 11) is 0. The molecule has 32 heavy (non-hydrogen) atoms. The van der Waals surface area contributed by atoms with Gasteiger partial charge in [0.2, 0.25) is 5.95 Å². The van der Waals surface area contributed by atoms with Crippen molar-refractivity contribution in [1.82, 2.24) is 29.7 Å². The first-order valence-corrected chi connectivity index (χ1v) is 10.7. The van der Waals surface area contributed by atoms with Gasteiger partial charge in [0.15, 0.2) is 0 Å². The third kappa shape index (κ3) is 3.78. The molecule has 0 radical (unpaired) electrons. The number of anilines is 2. The van der Waals surface area contributed by atoms with Gasteiger partial charge in [0.25, 0.3) is 5.91 Å². The molecule has 4 N–H and O–H groups in total. The molecule has 0 aliphatic carbocycles. The summed E-state index contributed by atoms with van der Waals surface area (Å²) in [5.74, 6) is 1.37. The number of piperidine rings is 1. The molecule has 4 aromatic rings. The van der Waals surface area contributed by atoms with Crippen LogP contribution in [0.2, 0.25) is 0 Å². The second-order valence-corrected chi connectivity index (χ2v) is 7.91. The Morgan fingerprint density at radius 3 is 2.72 bits per heavy atom. The van der Waals surface area contributed by atoms with Crippen LogP contribution in [-0.4, -0.2) is 36.8 Å². The minimum atomic E-state index is -0.273. The molecule has 9 heteroatoms. The van der Waals surface area contributed by atoms with Gasteiger partial charge in [-0.3, -0.25) is 14.5 Å². The average Bonchev–Trinajstić information content (AvgIpc) is 3.21. The smallest absolute Gasteiger partial charge is 0.258 e. The van der Waals surface area contributed by atoms with Crippen LogP contribution in [0.4, 0.5) is 11.8 Å². The van der Waals surface area contributed by atoms with Crippen molar-refractivity contribution in [1.29, 1.82) is 0 Å². The number of nitrogens with zero attached hydrogens (tertiary/aromatic N) is 5. The number of carbonyl (C=O) groups is 1. The Bertz CT molecular complexity index is 1280. The molecular weight excluding hydrogens is 404 g/mol. The van der Waals surface area contributed by atoms with E-state index in [1.54, 1.807) is 30.6 Å². The van der Waals surface area contributed by atoms with Crippen LogP contribution in [0.15, 0.2) is 48.9 Å². The summed E-state index contributed by atoms with van der Waals surface area (Å²) in [5, 5.41) is 6.28. The molecule has 0 bridgehead atoms. The summed E-state index contributed by atoms with van der Waals surface area (Å²) >= 11 is 0. The van der Waals surface area contributed by atoms with E-state index < -0.39 is 0 Å². The zero-order valence-corrected chi connectivity index (χ0v) is 17.7. The Morgan fingerprint density at radius 2 is 1.97 bits per heavy atom. The van der Waals surface area contributed by atoms with Crippen LogP contribution in [0.5, 0.6) is 0 Å². The highest BCUT2D eigenvalue weighted by Gasteiger charge is 2.23. The monoisotopic (exact) mass is 428 g/mol. The predicted octanol–water partition coefficient (Wildman–Crippen LogP) is 3.14. The number of nitrogen functional groups attached to an aromatic ring is 1. The molecule has 1 aliphatic rings. The number of carbonyl (C=O) groups excluding carboxylic acids is 1. The fourth-order valence-electron chi connectivity index (χ4n) is 4.07. The molecule has 0 spiro atoms. The van der Waals surface area contributed by atoms with Crippen LogP contribution in [0, 0.1) is 6.92 Å². The van der Waals surface area contributed by atoms with Crippen molar-refractivity contribution < 1.29 is 4.79 Å². The number of aryl methyl sites for hydroxylation is 1. The van der Waals surface area contributed by atoms with Crippen LogP contribution in [-0.2, 0) is 0 Å². The van der Waals surface area contributed by atoms with Crippen molar-refractivity contribution in [2.45, 2.75) is 32.2 Å². The van der Waals surface area contributed by atoms with Gasteiger partial charge >= 0.3 is 0 Å². The van der Waals surface area contributed by atoms with Crippen LogP contribution in [0.1, 0.15) is 47.2 Å². The van der Waals surface area contributed by atoms with Crippen molar-refractivity contribution in [2.75, 3.05) is 17.6 Å². The molecule has 1 aliphatic heterocycles. The molecule has 4 heterocycles. The number of aromatic nitrogens is 5. The Kier molecular flexibility index (Phi) is 5.24. The molecule has 1 amide bonds. The van der Waals surface area contributed by atoms with Gasteiger partial charge in [0.1, 0.15) is 22.9 Å². The van der Waals surface area contributed by atoms with Crippen molar-refractivity contribution in [3.63, 3.8) is 0 Å². The Labute approximate surface area is 185 Å². The predicted molar refractivity (Wildman–Crippen MR) is 122 cm³/mol. The number of hydrogen-bond donors (Lipinski definition) is 3. The molecule has 3 aromatic heterocycles. The van der Waals surface area contributed by atoms with Gasteiger partial charge in [0, 0.05) is 35.4 Å². The maximum absolute atomic E-state index is 12.6. The first kappa shape index (κ1) is 20.1. The summed E-state index contributed by atoms with van der Waals surface area (Å²) < 4.78 is 2.02. The minimum Gasteiger partial charge on any atom is -0.382 e. The number of nitrogens with one attached hydrogen (secondary N) is 2. The number of hydrogen-bond acceptors (Lipinski definition) is 7. The third-order valence-electron chi connectivity index (χ3n) is 5.67. The van der Waals surface area contributed by atoms with Gasteiger partial charge in [-0.25, -0.2) is 19.9 Å². The van der Waals surface area contributed by atoms with Gasteiger partial charge < -0.3 is 11.1 Å². The molecule has 162 valence electrons. The zero-order chi connectivity index (χ0) is 22.1. The molecule has 1 fully saturated rings. The van der Waals surface area contributed by atoms with Crippen molar-refractivity contribution in [3.8, 4) is 11.3 Å². The number of benzene rings is 1. The Morgan fingerprint density at radius 1 is 1.12 bits per heavy atom. The normalized spacial score (nSPS) is 16.2. The largest absolute Gasteiger partial charge is 0.382 e. The van der Waals surface area contributed by atoms with Gasteiger partial charge in [-0.2, -0.15) is 0 Å². The van der Waals surface area contributed by atoms with Crippen LogP contribution >= 0.6 is 0 Å². The van der Waals surface area contributed by atoms with Crippen molar-refractivity contribution in [3.05, 3.63) is 66.0 Å². The lowest BCUT2D eigenvalue weighted by atomic mass is 10.0. The van der Waals surface area contributed by atoms with E-state index >= 15 is 0 Å². The second kappa shape index (κ2) is 8.35. The van der Waals surface area contributed by atoms with E-state index in [-0.39, 0.29) is 17.9 Å². The first-order chi connectivity index (χ1) is 15.6. The molecule has 9 nitrogen and oxygen atoms in total. The fraction of sp³-hybridized carbons (Fsp3) is 0.261. The van der Waals surface area contributed by atoms with Crippen molar-refractivity contribution in [2.24, 2.45) is 0 Å². The summed E-state index contributed by atoms with van der Waals surface area (Å²) in [4.78, 5) is 30.1. The molecule has 0 saturated carbocycles. The fourth-order valence-corrected chi connectivity index (χ4v) is 4.07. The van der Waals surface area contributed by atoms with E-state index in [0.717, 1.165) is 47.7 Å². The standard InChI is InChI=1S/C23H24N8O/c1-14-9-11-27-23(28-14)30-22(32)16-7-5-15(6-8-16)18-19-20(24)26-12-13-31(19)21(29-18)17-4-2-3-10-25-17/h5-9,11-13,17,25H,2-4,10H2,1H3,(H2,24,26)(H,27,28,30,32)/t17-/m0/s1. The summed E-state index contributed by atoms with van der Waals surface area (Å²) in [5.41, 5.74) is 9.93. The highest BCUT2D eigenvalue weighted by Crippen LogP contribution is 2.32. The van der Waals surface area contributed by atoms with Gasteiger partial charge in [-0.15, -0.1) is 0 Å². The van der Waals surface area contributed by atoms with Gasteiger partial charge in [0.05, 0.1) is 6.04 Å². The lowest BCUT2D eigenvalue weighted by Crippen LogP contribution is -2.28. The summed E-state index contributed by atoms with van der Waals surface area (Å²) in [6.07, 6.45) is 8.58. The molecule has 1 atom stereocenters. The number of nitrogens with two attached hydrogens (primary N) is 1. The molecule has 0 unspecified atom stereocenters. The van der Waals surface area contributed by atoms with E-state index in [2.05, 4.69) is 25.6 Å². The van der Waals surface area contributed by atoms with E-state index in [0.29, 0.717) is 11.4 Å². The van der Waals surface area contributed by atoms with Gasteiger partial charge in [-0.1, -0.05) is 18.6 Å². The number of imidazole rings is 1. The summed E-state index contributed by atoms with van der Waals surface area (Å²) in [6.45, 7) is 2.82. The van der Waals surface area contributed by atoms with E-state index in [4.69, 9.17) is 10.7 Å². The van der Waals surface area contributed by atoms with Crippen LogP contribution in [0.3, 0.4) is 0 Å². The lowest BCUT2D eigenvalue weighted by Gasteiger charge is -2.22. The summed E-state index contributed by atoms with van der Waals surface area (Å²) in [6, 6.07) is 9.22. The molecule has 5 rings (SSSR count). The number of amides is 1. The van der Waals surface area contributed by atoms with Gasteiger partial charge in [-0.05, 0) is 44.5 Å². The topological polar surface area (TPSA) is 123 Å². The maximum Gasteiger partial charge on any atom is 0.258 e. The molecule has 1 saturated heterocycles. The number of fused-ring (bicyclic) bond motifs is 1. The molecule has 1 aromatic carbocycles. The quantitative estimate of drug-likeness (QED) is 0.456. The first-order valence-electron chi connectivity index (χ1n) is 10.7. The van der Waals surface area contributed by atoms with Crippen molar-refractivity contribution >= 4 is 23.2 Å². The molecular formula is C23H24N8O. The maximum atomic E-state index is 12.6. The highest BCUT2D eigenvalue weighted by atomic mass is 16.1. The average molecular weight is 429 g/mol. The van der Waals surface area contributed by atoms with Crippen LogP contribution < -0.4 is 16.4 Å². The third-order valence-corrected chi connectivity index (χ3v) is 5.67. The Balaban J connectivity index is 1.47. The highest BCUT2D eigenvalue weighted by molar-refractivity contribution is 6.03. The lowest BCUT2D eigenvalue weighted by molar-refractivity contribution is 0.102. The second-order valence-electron chi connectivity index (χ2n) is 7.91. The zero-order valence-electron chi connectivity index (χ0n) is 17.7. The Hall–Kier alpha value is -3.85. The van der Waals surface area contributed by atoms with E-state index in [9.17, 15) is 4.79 Å². The van der Waals surface area contributed by atoms with E-state index in [1.807, 2.05) is 29.7 Å². The number of rotatable bonds is 4. The van der Waals surface area contributed by atoms with Crippen LogP contribution in [0.25, 0.3) is 16.8 Å². The minimum absolute atomic E-state index is 0.172.